The Kier molecular flexibility index (Phi) is 0.943. The summed E-state index contributed by atoms with van der Waals surface area (Å²) in [5.41, 5.74) is 8.38. The fourth-order valence-electron chi connectivity index (χ4n) is 1.01. The molecule has 0 saturated carbocycles. The van der Waals surface area contributed by atoms with Crippen molar-refractivity contribution in [2.24, 2.45) is 10.8 Å². The van der Waals surface area contributed by atoms with Crippen LogP contribution in [0.15, 0.2) is 29.5 Å². The number of rotatable bonds is 0. The molecule has 10 heavy (non-hydrogen) atoms. The van der Waals surface area contributed by atoms with E-state index in [-0.39, 0.29) is 6.17 Å². The van der Waals surface area contributed by atoms with Crippen molar-refractivity contribution in [1.82, 2.24) is 10.3 Å². The van der Waals surface area contributed by atoms with E-state index in [0.29, 0.717) is 5.96 Å². The van der Waals surface area contributed by atoms with Crippen LogP contribution in [0.4, 0.5) is 0 Å². The minimum Gasteiger partial charge on any atom is -0.368 e. The minimum atomic E-state index is 0.130. The monoisotopic (exact) mass is 136 g/mol. The molecular weight excluding hydrogens is 128 g/mol. The molecule has 4 nitrogen and oxygen atoms in total. The number of allylic oxidation sites excluding steroid dienone is 2. The van der Waals surface area contributed by atoms with E-state index in [4.69, 9.17) is 5.73 Å². The SMILES string of the molecule is NC1=NN[C@H]2C=CC=CN12. The third kappa shape index (κ3) is 0.586. The van der Waals surface area contributed by atoms with Gasteiger partial charge in [0, 0.05) is 6.20 Å². The van der Waals surface area contributed by atoms with Gasteiger partial charge < -0.3 is 5.73 Å². The molecule has 0 aromatic heterocycles. The molecule has 2 rings (SSSR count). The lowest BCUT2D eigenvalue weighted by Gasteiger charge is -2.20. The van der Waals surface area contributed by atoms with E-state index < -0.39 is 0 Å². The molecule has 0 radical (unpaired) electrons. The quantitative estimate of drug-likeness (QED) is 0.473. The number of hydrogen-bond donors (Lipinski definition) is 2. The van der Waals surface area contributed by atoms with Crippen molar-refractivity contribution in [3.05, 3.63) is 24.4 Å². The summed E-state index contributed by atoms with van der Waals surface area (Å²) in [6, 6.07) is 0. The van der Waals surface area contributed by atoms with E-state index in [2.05, 4.69) is 10.5 Å². The summed E-state index contributed by atoms with van der Waals surface area (Å²) >= 11 is 0. The Bertz CT molecular complexity index is 228. The maximum Gasteiger partial charge on any atom is 0.219 e. The normalized spacial score (nSPS) is 27.8. The van der Waals surface area contributed by atoms with Crippen LogP contribution < -0.4 is 11.2 Å². The van der Waals surface area contributed by atoms with E-state index in [9.17, 15) is 0 Å². The van der Waals surface area contributed by atoms with Gasteiger partial charge in [0.05, 0.1) is 0 Å². The maximum atomic E-state index is 5.52. The van der Waals surface area contributed by atoms with E-state index in [1.54, 1.807) is 0 Å². The van der Waals surface area contributed by atoms with E-state index >= 15 is 0 Å². The minimum absolute atomic E-state index is 0.130. The topological polar surface area (TPSA) is 53.6 Å². The first-order valence-corrected chi connectivity index (χ1v) is 3.10. The lowest BCUT2D eigenvalue weighted by molar-refractivity contribution is 0.442. The maximum absolute atomic E-state index is 5.52. The molecular formula is C6H8N4. The van der Waals surface area contributed by atoms with E-state index in [1.807, 2.05) is 29.3 Å². The summed E-state index contributed by atoms with van der Waals surface area (Å²) in [5, 5.41) is 3.85. The number of guanidine groups is 1. The van der Waals surface area contributed by atoms with Gasteiger partial charge in [-0.25, -0.2) is 0 Å². The fourth-order valence-corrected chi connectivity index (χ4v) is 1.01. The zero-order valence-corrected chi connectivity index (χ0v) is 5.36. The zero-order chi connectivity index (χ0) is 6.97. The second-order valence-electron chi connectivity index (χ2n) is 2.18. The first kappa shape index (κ1) is 5.34. The van der Waals surface area contributed by atoms with Crippen LogP contribution >= 0.6 is 0 Å². The summed E-state index contributed by atoms with van der Waals surface area (Å²) in [4.78, 5) is 1.86. The van der Waals surface area contributed by atoms with Gasteiger partial charge in [0.2, 0.25) is 5.96 Å². The Hall–Kier alpha value is -1.45. The molecule has 2 aliphatic rings. The molecule has 0 bridgehead atoms. The lowest BCUT2D eigenvalue weighted by Crippen LogP contribution is -2.38. The van der Waals surface area contributed by atoms with Crippen LogP contribution in [0.5, 0.6) is 0 Å². The van der Waals surface area contributed by atoms with Gasteiger partial charge >= 0.3 is 0 Å². The van der Waals surface area contributed by atoms with Crippen LogP contribution in [-0.2, 0) is 0 Å². The third-order valence-corrected chi connectivity index (χ3v) is 1.53. The van der Waals surface area contributed by atoms with Crippen molar-refractivity contribution < 1.29 is 0 Å². The van der Waals surface area contributed by atoms with Crippen LogP contribution in [0, 0.1) is 0 Å². The first-order chi connectivity index (χ1) is 4.88. The van der Waals surface area contributed by atoms with Gasteiger partial charge in [-0.2, -0.15) is 0 Å². The van der Waals surface area contributed by atoms with Gasteiger partial charge in [0.15, 0.2) is 0 Å². The Morgan fingerprint density at radius 2 is 2.50 bits per heavy atom. The van der Waals surface area contributed by atoms with Crippen molar-refractivity contribution >= 4 is 5.96 Å². The molecule has 3 N–H and O–H groups in total. The predicted molar refractivity (Wildman–Crippen MR) is 38.7 cm³/mol. The van der Waals surface area contributed by atoms with E-state index in [0.717, 1.165) is 0 Å². The van der Waals surface area contributed by atoms with Crippen LogP contribution in [0.3, 0.4) is 0 Å². The van der Waals surface area contributed by atoms with Crippen molar-refractivity contribution in [3.63, 3.8) is 0 Å². The zero-order valence-electron chi connectivity index (χ0n) is 5.36. The van der Waals surface area contributed by atoms with Crippen LogP contribution in [0.2, 0.25) is 0 Å². The van der Waals surface area contributed by atoms with Crippen molar-refractivity contribution in [3.8, 4) is 0 Å². The highest BCUT2D eigenvalue weighted by Gasteiger charge is 2.21. The van der Waals surface area contributed by atoms with Crippen molar-refractivity contribution in [1.29, 1.82) is 0 Å². The standard InChI is InChI=1S/C6H8N4/c7-6-9-8-5-3-1-2-4-10(5)6/h1-5,8H,(H2,7,9)/t5-/m1/s1. The summed E-state index contributed by atoms with van der Waals surface area (Å²) in [6.07, 6.45) is 7.89. The summed E-state index contributed by atoms with van der Waals surface area (Å²) in [7, 11) is 0. The molecule has 0 unspecified atom stereocenters. The van der Waals surface area contributed by atoms with Gasteiger partial charge in [-0.15, -0.1) is 5.10 Å². The number of nitrogens with two attached hydrogens (primary N) is 1. The van der Waals surface area contributed by atoms with Crippen molar-refractivity contribution in [2.45, 2.75) is 6.17 Å². The van der Waals surface area contributed by atoms with Gasteiger partial charge in [-0.1, -0.05) is 6.08 Å². The average Bonchev–Trinajstić information content (AvgIpc) is 2.34. The summed E-state index contributed by atoms with van der Waals surface area (Å²) in [5.74, 6) is 0.519. The van der Waals surface area contributed by atoms with Gasteiger partial charge in [0.1, 0.15) is 6.17 Å². The highest BCUT2D eigenvalue weighted by molar-refractivity contribution is 5.81. The Labute approximate surface area is 58.7 Å². The average molecular weight is 136 g/mol. The molecule has 52 valence electrons. The Morgan fingerprint density at radius 1 is 1.60 bits per heavy atom. The van der Waals surface area contributed by atoms with Gasteiger partial charge in [0.25, 0.3) is 0 Å². The molecule has 1 atom stereocenters. The number of hydrazone groups is 1. The lowest BCUT2D eigenvalue weighted by atomic mass is 10.3. The second kappa shape index (κ2) is 1.76. The van der Waals surface area contributed by atoms with Gasteiger partial charge in [-0.05, 0) is 12.2 Å². The highest BCUT2D eigenvalue weighted by atomic mass is 15.5. The Balaban J connectivity index is 2.27. The second-order valence-corrected chi connectivity index (χ2v) is 2.18. The third-order valence-electron chi connectivity index (χ3n) is 1.53. The molecule has 0 aliphatic carbocycles. The van der Waals surface area contributed by atoms with E-state index in [1.165, 1.54) is 0 Å². The first-order valence-electron chi connectivity index (χ1n) is 3.10. The number of hydrogen-bond acceptors (Lipinski definition) is 4. The molecule has 0 aromatic carbocycles. The summed E-state index contributed by atoms with van der Waals surface area (Å²) < 4.78 is 0. The smallest absolute Gasteiger partial charge is 0.219 e. The molecule has 0 aromatic rings. The van der Waals surface area contributed by atoms with Gasteiger partial charge in [-0.3, -0.25) is 10.3 Å². The highest BCUT2D eigenvalue weighted by Crippen LogP contribution is 2.08. The molecule has 0 fully saturated rings. The number of nitrogens with zero attached hydrogens (tertiary/aromatic N) is 2. The Morgan fingerprint density at radius 3 is 3.30 bits per heavy atom. The molecule has 0 amide bonds. The summed E-state index contributed by atoms with van der Waals surface area (Å²) in [6.45, 7) is 0. The molecule has 4 heteroatoms. The number of nitrogens with one attached hydrogen (secondary N) is 1. The molecule has 0 spiro atoms. The fraction of sp³-hybridized carbons (Fsp3) is 0.167. The number of fused-ring (bicyclic) bond motifs is 1. The molecule has 2 aliphatic heterocycles. The predicted octanol–water partition coefficient (Wildman–Crippen LogP) is -0.469. The molecule has 0 saturated heterocycles. The van der Waals surface area contributed by atoms with Crippen molar-refractivity contribution in [2.75, 3.05) is 0 Å². The van der Waals surface area contributed by atoms with Crippen LogP contribution in [0.25, 0.3) is 0 Å². The largest absolute Gasteiger partial charge is 0.368 e. The molecule has 2 heterocycles. The van der Waals surface area contributed by atoms with Crippen LogP contribution in [0.1, 0.15) is 0 Å². The van der Waals surface area contributed by atoms with Crippen LogP contribution in [-0.4, -0.2) is 17.0 Å².